The molecule has 0 saturated carbocycles. The molecule has 2 atom stereocenters. The molecule has 0 aromatic heterocycles. The van der Waals surface area contributed by atoms with E-state index in [1.165, 1.54) is 5.56 Å². The summed E-state index contributed by atoms with van der Waals surface area (Å²) >= 11 is 0. The maximum Gasteiger partial charge on any atom is 0.260 e. The van der Waals surface area contributed by atoms with E-state index >= 15 is 0 Å². The largest absolute Gasteiger partial charge is 0.481 e. The van der Waals surface area contributed by atoms with Crippen molar-refractivity contribution in [2.45, 2.75) is 46.3 Å². The highest BCUT2D eigenvalue weighted by Crippen LogP contribution is 2.13. The molecule has 0 radical (unpaired) electrons. The third-order valence-electron chi connectivity index (χ3n) is 2.70. The van der Waals surface area contributed by atoms with Crippen LogP contribution in [0.4, 0.5) is 0 Å². The molecule has 94 valence electrons. The maximum atomic E-state index is 11.7. The number of hydrogen-bond acceptors (Lipinski definition) is 2. The van der Waals surface area contributed by atoms with E-state index in [0.717, 1.165) is 12.2 Å². The Labute approximate surface area is 103 Å². The Bertz CT molecular complexity index is 359. The molecule has 1 rings (SSSR count). The fourth-order valence-corrected chi connectivity index (χ4v) is 1.34. The second-order valence-corrected chi connectivity index (χ2v) is 4.39. The number of benzene rings is 1. The van der Waals surface area contributed by atoms with Gasteiger partial charge in [-0.3, -0.25) is 4.79 Å². The summed E-state index contributed by atoms with van der Waals surface area (Å²) in [5, 5.41) is 2.90. The van der Waals surface area contributed by atoms with Gasteiger partial charge >= 0.3 is 0 Å². The predicted octanol–water partition coefficient (Wildman–Crippen LogP) is 2.68. The van der Waals surface area contributed by atoms with Gasteiger partial charge in [0, 0.05) is 6.04 Å². The van der Waals surface area contributed by atoms with Crippen molar-refractivity contribution in [2.75, 3.05) is 0 Å². The van der Waals surface area contributed by atoms with E-state index in [1.807, 2.05) is 45.0 Å². The van der Waals surface area contributed by atoms with E-state index in [2.05, 4.69) is 5.32 Å². The number of amides is 1. The Morgan fingerprint density at radius 2 is 1.88 bits per heavy atom. The van der Waals surface area contributed by atoms with Crippen LogP contribution in [0.1, 0.15) is 32.8 Å². The predicted molar refractivity (Wildman–Crippen MR) is 69.2 cm³/mol. The molecule has 0 unspecified atom stereocenters. The third kappa shape index (κ3) is 4.47. The zero-order chi connectivity index (χ0) is 12.8. The number of carbonyl (C=O) groups excluding carboxylic acids is 1. The fourth-order valence-electron chi connectivity index (χ4n) is 1.34. The van der Waals surface area contributed by atoms with Crippen molar-refractivity contribution in [1.82, 2.24) is 5.32 Å². The first kappa shape index (κ1) is 13.6. The van der Waals surface area contributed by atoms with Crippen LogP contribution in [0.2, 0.25) is 0 Å². The van der Waals surface area contributed by atoms with Crippen LogP contribution >= 0.6 is 0 Å². The van der Waals surface area contributed by atoms with Gasteiger partial charge in [0.1, 0.15) is 5.75 Å². The summed E-state index contributed by atoms with van der Waals surface area (Å²) in [5.41, 5.74) is 1.18. The van der Waals surface area contributed by atoms with E-state index in [4.69, 9.17) is 4.74 Å². The monoisotopic (exact) mass is 235 g/mol. The summed E-state index contributed by atoms with van der Waals surface area (Å²) < 4.78 is 5.56. The van der Waals surface area contributed by atoms with Crippen molar-refractivity contribution in [3.8, 4) is 5.75 Å². The molecular weight excluding hydrogens is 214 g/mol. The molecule has 1 amide bonds. The van der Waals surface area contributed by atoms with Gasteiger partial charge < -0.3 is 10.1 Å². The molecule has 0 spiro atoms. The highest BCUT2D eigenvalue weighted by molar-refractivity contribution is 5.80. The van der Waals surface area contributed by atoms with Gasteiger partial charge in [-0.15, -0.1) is 0 Å². The van der Waals surface area contributed by atoms with Crippen LogP contribution in [0, 0.1) is 6.92 Å². The quantitative estimate of drug-likeness (QED) is 0.852. The van der Waals surface area contributed by atoms with Gasteiger partial charge in [-0.1, -0.05) is 24.6 Å². The van der Waals surface area contributed by atoms with Crippen molar-refractivity contribution in [2.24, 2.45) is 0 Å². The number of aryl methyl sites for hydroxylation is 1. The maximum absolute atomic E-state index is 11.7. The SMILES string of the molecule is CC[C@H](C)NC(=O)[C@H](C)Oc1ccc(C)cc1. The molecule has 1 N–H and O–H groups in total. The molecule has 1 aromatic carbocycles. The summed E-state index contributed by atoms with van der Waals surface area (Å²) in [4.78, 5) is 11.7. The van der Waals surface area contributed by atoms with Crippen LogP contribution < -0.4 is 10.1 Å². The normalized spacial score (nSPS) is 13.9. The highest BCUT2D eigenvalue weighted by atomic mass is 16.5. The number of ether oxygens (including phenoxy) is 1. The van der Waals surface area contributed by atoms with E-state index in [-0.39, 0.29) is 11.9 Å². The smallest absolute Gasteiger partial charge is 0.260 e. The van der Waals surface area contributed by atoms with Gasteiger partial charge in [0.2, 0.25) is 0 Å². The van der Waals surface area contributed by atoms with Crippen LogP contribution in [0.5, 0.6) is 5.75 Å². The molecule has 0 aliphatic heterocycles. The zero-order valence-corrected chi connectivity index (χ0v) is 11.0. The van der Waals surface area contributed by atoms with Crippen LogP contribution in [0.15, 0.2) is 24.3 Å². The average Bonchev–Trinajstić information content (AvgIpc) is 2.31. The molecule has 0 aliphatic carbocycles. The Morgan fingerprint density at radius 3 is 2.41 bits per heavy atom. The van der Waals surface area contributed by atoms with Crippen LogP contribution in [0.3, 0.4) is 0 Å². The molecular formula is C14H21NO2. The van der Waals surface area contributed by atoms with Gasteiger partial charge in [0.05, 0.1) is 0 Å². The van der Waals surface area contributed by atoms with E-state index in [9.17, 15) is 4.79 Å². The van der Waals surface area contributed by atoms with Gasteiger partial charge in [0.25, 0.3) is 5.91 Å². The molecule has 17 heavy (non-hydrogen) atoms. The summed E-state index contributed by atoms with van der Waals surface area (Å²) in [7, 11) is 0. The second kappa shape index (κ2) is 6.28. The van der Waals surface area contributed by atoms with Crippen LogP contribution in [0.25, 0.3) is 0 Å². The van der Waals surface area contributed by atoms with Crippen LogP contribution in [-0.2, 0) is 4.79 Å². The van der Waals surface area contributed by atoms with Gasteiger partial charge in [-0.25, -0.2) is 0 Å². The number of nitrogens with one attached hydrogen (secondary N) is 1. The molecule has 3 nitrogen and oxygen atoms in total. The van der Waals surface area contributed by atoms with Crippen molar-refractivity contribution < 1.29 is 9.53 Å². The third-order valence-corrected chi connectivity index (χ3v) is 2.70. The second-order valence-electron chi connectivity index (χ2n) is 4.39. The lowest BCUT2D eigenvalue weighted by molar-refractivity contribution is -0.127. The van der Waals surface area contributed by atoms with Crippen LogP contribution in [-0.4, -0.2) is 18.1 Å². The molecule has 0 heterocycles. The minimum absolute atomic E-state index is 0.0695. The van der Waals surface area contributed by atoms with Gasteiger partial charge in [-0.05, 0) is 39.3 Å². The molecule has 0 bridgehead atoms. The number of carbonyl (C=O) groups is 1. The fraction of sp³-hybridized carbons (Fsp3) is 0.500. The Hall–Kier alpha value is -1.51. The summed E-state index contributed by atoms with van der Waals surface area (Å²) in [6.45, 7) is 7.80. The Kier molecular flexibility index (Phi) is 5.01. The first-order valence-electron chi connectivity index (χ1n) is 6.06. The topological polar surface area (TPSA) is 38.3 Å². The van der Waals surface area contributed by atoms with Crippen molar-refractivity contribution in [3.63, 3.8) is 0 Å². The molecule has 0 aliphatic rings. The minimum atomic E-state index is -0.466. The number of rotatable bonds is 5. The van der Waals surface area contributed by atoms with Gasteiger partial charge in [-0.2, -0.15) is 0 Å². The minimum Gasteiger partial charge on any atom is -0.481 e. The molecule has 0 fully saturated rings. The standard InChI is InChI=1S/C14H21NO2/c1-5-11(3)15-14(16)12(4)17-13-8-6-10(2)7-9-13/h6-9,11-12H,5H2,1-4H3,(H,15,16)/t11-,12-/m0/s1. The van der Waals surface area contributed by atoms with Gasteiger partial charge in [0.15, 0.2) is 6.10 Å². The highest BCUT2D eigenvalue weighted by Gasteiger charge is 2.15. The number of hydrogen-bond donors (Lipinski definition) is 1. The lowest BCUT2D eigenvalue weighted by Crippen LogP contribution is -2.40. The summed E-state index contributed by atoms with van der Waals surface area (Å²) in [6, 6.07) is 7.88. The first-order valence-corrected chi connectivity index (χ1v) is 6.06. The Balaban J connectivity index is 2.51. The molecule has 0 saturated heterocycles. The Morgan fingerprint density at radius 1 is 1.29 bits per heavy atom. The summed E-state index contributed by atoms with van der Waals surface area (Å²) in [6.07, 6.45) is 0.454. The van der Waals surface area contributed by atoms with Crippen molar-refractivity contribution >= 4 is 5.91 Å². The average molecular weight is 235 g/mol. The zero-order valence-electron chi connectivity index (χ0n) is 11.0. The van der Waals surface area contributed by atoms with E-state index in [0.29, 0.717) is 0 Å². The molecule has 3 heteroatoms. The van der Waals surface area contributed by atoms with E-state index < -0.39 is 6.10 Å². The summed E-state index contributed by atoms with van der Waals surface area (Å²) in [5.74, 6) is 0.655. The van der Waals surface area contributed by atoms with E-state index in [1.54, 1.807) is 6.92 Å². The molecule has 1 aromatic rings. The van der Waals surface area contributed by atoms with Crippen molar-refractivity contribution in [1.29, 1.82) is 0 Å². The lowest BCUT2D eigenvalue weighted by atomic mass is 10.2. The van der Waals surface area contributed by atoms with Crippen molar-refractivity contribution in [3.05, 3.63) is 29.8 Å². The lowest BCUT2D eigenvalue weighted by Gasteiger charge is -2.17. The first-order chi connectivity index (χ1) is 8.02.